The number of benzene rings is 1. The van der Waals surface area contributed by atoms with Gasteiger partial charge in [0.2, 0.25) is 0 Å². The second-order valence-electron chi connectivity index (χ2n) is 3.15. The van der Waals surface area contributed by atoms with Gasteiger partial charge in [-0.25, -0.2) is 0 Å². The number of ketones is 1. The van der Waals surface area contributed by atoms with Gasteiger partial charge in [-0.3, -0.25) is 4.79 Å². The van der Waals surface area contributed by atoms with E-state index in [9.17, 15) is 4.79 Å². The first-order valence-electron chi connectivity index (χ1n) is 4.01. The third kappa shape index (κ3) is 2.55. The Balaban J connectivity index is 3.04. The fourth-order valence-corrected chi connectivity index (χ4v) is 1.48. The number of carbonyl (C=O) groups is 1. The van der Waals surface area contributed by atoms with Crippen molar-refractivity contribution < 1.29 is 4.79 Å². The summed E-state index contributed by atoms with van der Waals surface area (Å²) in [6, 6.07) is 5.22. The Morgan fingerprint density at radius 2 is 2.08 bits per heavy atom. The number of Topliss-reactive ketones (excluding diaryl/α,β-unsaturated/α-hetero) is 1. The van der Waals surface area contributed by atoms with Crippen LogP contribution in [-0.2, 0) is 0 Å². The summed E-state index contributed by atoms with van der Waals surface area (Å²) >= 11 is 9.09. The molecule has 1 nitrogen and oxygen atoms in total. The van der Waals surface area contributed by atoms with Crippen LogP contribution in [0.25, 0.3) is 0 Å². The summed E-state index contributed by atoms with van der Waals surface area (Å²) in [6.07, 6.45) is 0. The third-order valence-electron chi connectivity index (χ3n) is 1.73. The van der Waals surface area contributed by atoms with E-state index < -0.39 is 0 Å². The number of halogens is 2. The number of hydrogen-bond acceptors (Lipinski definition) is 1. The molecular formula is C10H10BrClO. The highest BCUT2D eigenvalue weighted by molar-refractivity contribution is 9.10. The van der Waals surface area contributed by atoms with Crippen molar-refractivity contribution in [3.8, 4) is 0 Å². The molecule has 1 aromatic carbocycles. The lowest BCUT2D eigenvalue weighted by Crippen LogP contribution is -2.06. The second-order valence-corrected chi connectivity index (χ2v) is 4.41. The van der Waals surface area contributed by atoms with Gasteiger partial charge >= 0.3 is 0 Å². The molecule has 0 spiro atoms. The maximum Gasteiger partial charge on any atom is 0.165 e. The average molecular weight is 262 g/mol. The Kier molecular flexibility index (Phi) is 3.51. The van der Waals surface area contributed by atoms with E-state index in [-0.39, 0.29) is 11.7 Å². The van der Waals surface area contributed by atoms with E-state index in [4.69, 9.17) is 11.6 Å². The van der Waals surface area contributed by atoms with E-state index in [0.29, 0.717) is 10.6 Å². The summed E-state index contributed by atoms with van der Waals surface area (Å²) < 4.78 is 0.765. The monoisotopic (exact) mass is 260 g/mol. The van der Waals surface area contributed by atoms with E-state index in [0.717, 1.165) is 4.47 Å². The summed E-state index contributed by atoms with van der Waals surface area (Å²) in [7, 11) is 0. The van der Waals surface area contributed by atoms with Crippen molar-refractivity contribution in [3.63, 3.8) is 0 Å². The third-order valence-corrected chi connectivity index (χ3v) is 2.94. The van der Waals surface area contributed by atoms with E-state index in [1.165, 1.54) is 0 Å². The first kappa shape index (κ1) is 10.7. The van der Waals surface area contributed by atoms with Crippen LogP contribution in [0.15, 0.2) is 22.7 Å². The first-order valence-corrected chi connectivity index (χ1v) is 5.18. The zero-order chi connectivity index (χ0) is 10.0. The van der Waals surface area contributed by atoms with Gasteiger partial charge < -0.3 is 0 Å². The SMILES string of the molecule is CC(C)C(=O)c1ccc(Cl)c(Br)c1. The van der Waals surface area contributed by atoms with Crippen molar-refractivity contribution in [2.75, 3.05) is 0 Å². The van der Waals surface area contributed by atoms with Gasteiger partial charge in [0.05, 0.1) is 5.02 Å². The molecule has 0 aliphatic carbocycles. The van der Waals surface area contributed by atoms with Gasteiger partial charge in [0, 0.05) is 16.0 Å². The Morgan fingerprint density at radius 3 is 2.54 bits per heavy atom. The van der Waals surface area contributed by atoms with E-state index in [2.05, 4.69) is 15.9 Å². The summed E-state index contributed by atoms with van der Waals surface area (Å²) in [5.41, 5.74) is 0.700. The molecule has 3 heteroatoms. The standard InChI is InChI=1S/C10H10BrClO/c1-6(2)10(13)7-3-4-9(12)8(11)5-7/h3-6H,1-2H3. The summed E-state index contributed by atoms with van der Waals surface area (Å²) in [5.74, 6) is 0.158. The summed E-state index contributed by atoms with van der Waals surface area (Å²) in [6.45, 7) is 3.76. The molecule has 70 valence electrons. The van der Waals surface area contributed by atoms with Crippen molar-refractivity contribution in [1.82, 2.24) is 0 Å². The first-order chi connectivity index (χ1) is 6.02. The molecule has 0 aromatic heterocycles. The van der Waals surface area contributed by atoms with Crippen molar-refractivity contribution in [1.29, 1.82) is 0 Å². The molecule has 0 radical (unpaired) electrons. The second kappa shape index (κ2) is 4.25. The Hall–Kier alpha value is -0.340. The molecule has 0 atom stereocenters. The highest BCUT2D eigenvalue weighted by Gasteiger charge is 2.11. The smallest absolute Gasteiger partial charge is 0.165 e. The molecule has 1 aromatic rings. The molecule has 0 fully saturated rings. The van der Waals surface area contributed by atoms with Crippen molar-refractivity contribution >= 4 is 33.3 Å². The van der Waals surface area contributed by atoms with Gasteiger partial charge in [0.1, 0.15) is 0 Å². The molecule has 0 heterocycles. The topological polar surface area (TPSA) is 17.1 Å². The van der Waals surface area contributed by atoms with E-state index in [1.54, 1.807) is 18.2 Å². The molecule has 0 saturated heterocycles. The highest BCUT2D eigenvalue weighted by atomic mass is 79.9. The maximum absolute atomic E-state index is 11.5. The Bertz CT molecular complexity index is 334. The van der Waals surface area contributed by atoms with Gasteiger partial charge in [-0.2, -0.15) is 0 Å². The van der Waals surface area contributed by atoms with Crippen LogP contribution >= 0.6 is 27.5 Å². The largest absolute Gasteiger partial charge is 0.294 e. The van der Waals surface area contributed by atoms with Crippen LogP contribution in [0.4, 0.5) is 0 Å². The van der Waals surface area contributed by atoms with Gasteiger partial charge in [0.15, 0.2) is 5.78 Å². The highest BCUT2D eigenvalue weighted by Crippen LogP contribution is 2.24. The van der Waals surface area contributed by atoms with Gasteiger partial charge in [-0.1, -0.05) is 25.4 Å². The predicted octanol–water partition coefficient (Wildman–Crippen LogP) is 3.94. The van der Waals surface area contributed by atoms with Gasteiger partial charge in [-0.05, 0) is 34.1 Å². The molecule has 0 unspecified atom stereocenters. The van der Waals surface area contributed by atoms with E-state index in [1.807, 2.05) is 13.8 Å². The molecule has 0 amide bonds. The number of rotatable bonds is 2. The summed E-state index contributed by atoms with van der Waals surface area (Å²) in [5, 5.41) is 0.625. The molecule has 13 heavy (non-hydrogen) atoms. The molecule has 0 saturated carbocycles. The van der Waals surface area contributed by atoms with Crippen molar-refractivity contribution in [2.24, 2.45) is 5.92 Å². The van der Waals surface area contributed by atoms with Crippen molar-refractivity contribution in [3.05, 3.63) is 33.3 Å². The quantitative estimate of drug-likeness (QED) is 0.737. The Labute approximate surface area is 91.2 Å². The maximum atomic E-state index is 11.5. The minimum atomic E-state index is 0.0214. The minimum Gasteiger partial charge on any atom is -0.294 e. The molecule has 0 bridgehead atoms. The average Bonchev–Trinajstić information content (AvgIpc) is 2.08. The lowest BCUT2D eigenvalue weighted by molar-refractivity contribution is 0.0939. The molecule has 0 aliphatic rings. The molecular weight excluding hydrogens is 251 g/mol. The van der Waals surface area contributed by atoms with Crippen LogP contribution in [0.1, 0.15) is 24.2 Å². The molecule has 0 N–H and O–H groups in total. The summed E-state index contributed by atoms with van der Waals surface area (Å²) in [4.78, 5) is 11.5. The van der Waals surface area contributed by atoms with Crippen LogP contribution in [-0.4, -0.2) is 5.78 Å². The number of hydrogen-bond donors (Lipinski definition) is 0. The fourth-order valence-electron chi connectivity index (χ4n) is 0.983. The van der Waals surface area contributed by atoms with Crippen molar-refractivity contribution in [2.45, 2.75) is 13.8 Å². The Morgan fingerprint density at radius 1 is 1.46 bits per heavy atom. The van der Waals surface area contributed by atoms with Crippen LogP contribution < -0.4 is 0 Å². The lowest BCUT2D eigenvalue weighted by atomic mass is 10.0. The van der Waals surface area contributed by atoms with Gasteiger partial charge in [0.25, 0.3) is 0 Å². The zero-order valence-corrected chi connectivity index (χ0v) is 9.82. The van der Waals surface area contributed by atoms with Crippen LogP contribution in [0.3, 0.4) is 0 Å². The van der Waals surface area contributed by atoms with Crippen LogP contribution in [0, 0.1) is 5.92 Å². The number of carbonyl (C=O) groups excluding carboxylic acids is 1. The fraction of sp³-hybridized carbons (Fsp3) is 0.300. The lowest BCUT2D eigenvalue weighted by Gasteiger charge is -2.04. The van der Waals surface area contributed by atoms with Gasteiger partial charge in [-0.15, -0.1) is 0 Å². The molecule has 1 rings (SSSR count). The normalized spacial score (nSPS) is 10.5. The zero-order valence-electron chi connectivity index (χ0n) is 7.47. The molecule has 0 aliphatic heterocycles. The van der Waals surface area contributed by atoms with Crippen LogP contribution in [0.2, 0.25) is 5.02 Å². The van der Waals surface area contributed by atoms with E-state index >= 15 is 0 Å². The van der Waals surface area contributed by atoms with Crippen LogP contribution in [0.5, 0.6) is 0 Å². The predicted molar refractivity (Wildman–Crippen MR) is 58.3 cm³/mol. The minimum absolute atomic E-state index is 0.0214.